The Morgan fingerprint density at radius 3 is 0.972 bits per heavy atom. The highest BCUT2D eigenvalue weighted by Crippen LogP contribution is 2.56. The summed E-state index contributed by atoms with van der Waals surface area (Å²) in [4.78, 5) is 5.10. The maximum absolute atomic E-state index is 2.55. The summed E-state index contributed by atoms with van der Waals surface area (Å²) >= 11 is 0. The van der Waals surface area contributed by atoms with Crippen LogP contribution in [-0.2, 0) is 32.5 Å². The third kappa shape index (κ3) is 7.43. The molecule has 0 N–H and O–H groups in total. The third-order valence-corrected chi connectivity index (χ3v) is 16.3. The predicted molar refractivity (Wildman–Crippen MR) is 307 cm³/mol. The molecule has 0 amide bonds. The van der Waals surface area contributed by atoms with Gasteiger partial charge in [0.25, 0.3) is 0 Å². The van der Waals surface area contributed by atoms with Crippen molar-refractivity contribution in [3.8, 4) is 5.69 Å². The maximum atomic E-state index is 2.55. The van der Waals surface area contributed by atoms with Crippen molar-refractivity contribution in [1.82, 2.24) is 4.57 Å². The first-order valence-corrected chi connectivity index (χ1v) is 26.0. The Labute approximate surface area is 424 Å². The number of anilines is 6. The van der Waals surface area contributed by atoms with Crippen molar-refractivity contribution in [2.24, 2.45) is 0 Å². The molecule has 2 aliphatic rings. The molecule has 3 heterocycles. The van der Waals surface area contributed by atoms with Gasteiger partial charge in [-0.2, -0.15) is 0 Å². The summed E-state index contributed by atoms with van der Waals surface area (Å²) < 4.78 is 2.49. The molecule has 71 heavy (non-hydrogen) atoms. The van der Waals surface area contributed by atoms with Gasteiger partial charge in [-0.25, -0.2) is 0 Å². The van der Waals surface area contributed by atoms with Crippen LogP contribution in [0.15, 0.2) is 152 Å². The molecule has 9 aromatic rings. The topological polar surface area (TPSA) is 11.4 Å². The lowest BCUT2D eigenvalue weighted by atomic mass is 9.70. The number of hydrogen-bond acceptors (Lipinski definition) is 2. The number of fused-ring (bicyclic) bond motifs is 8. The summed E-state index contributed by atoms with van der Waals surface area (Å²) in [6.45, 7) is 37.6. The lowest BCUT2D eigenvalue weighted by molar-refractivity contribution is 0.572. The van der Waals surface area contributed by atoms with E-state index in [1.807, 2.05) is 0 Å². The van der Waals surface area contributed by atoms with E-state index in [-0.39, 0.29) is 32.5 Å². The van der Waals surface area contributed by atoms with Crippen LogP contribution in [0, 0.1) is 0 Å². The Morgan fingerprint density at radius 2 is 0.634 bits per heavy atom. The molecule has 0 fully saturated rings. The van der Waals surface area contributed by atoms with Gasteiger partial charge in [-0.3, -0.25) is 0 Å². The van der Waals surface area contributed by atoms with Crippen LogP contribution in [0.5, 0.6) is 0 Å². The molecule has 0 spiro atoms. The number of rotatable bonds is 3. The second-order valence-corrected chi connectivity index (χ2v) is 26.1. The largest absolute Gasteiger partial charge is 0.310 e. The molecule has 360 valence electrons. The Balaban J connectivity index is 1.19. The summed E-state index contributed by atoms with van der Waals surface area (Å²) in [5.74, 6) is 0. The van der Waals surface area contributed by atoms with E-state index in [1.54, 1.807) is 0 Å². The minimum atomic E-state index is -0.217. The number of benzene rings is 8. The standard InChI is InChI=1S/C68H73N3/c1-63(2,3)44-22-29-59-53(36-44)67(13,14)54-37-45(64(4,5)6)23-30-60(54)70(59)49-27-33-57-51(40-49)52-41-50(28-34-58(52)69(57)48-26-21-42-19-17-18-20-43(42)35-48)71-61-31-24-46(65(7,8)9)38-55(61)68(15,16)56-39-47(66(10,11)12)25-32-62(56)71/h17-41H,1-16H3. The van der Waals surface area contributed by atoms with Gasteiger partial charge >= 0.3 is 0 Å². The Morgan fingerprint density at radius 1 is 0.310 bits per heavy atom. The first kappa shape index (κ1) is 46.8. The lowest BCUT2D eigenvalue weighted by Crippen LogP contribution is -2.32. The summed E-state index contributed by atoms with van der Waals surface area (Å²) in [7, 11) is 0. The molecule has 11 rings (SSSR count). The van der Waals surface area contributed by atoms with E-state index in [1.165, 1.54) is 99.8 Å². The molecule has 3 heteroatoms. The summed E-state index contributed by atoms with van der Waals surface area (Å²) in [5.41, 5.74) is 21.3. The highest BCUT2D eigenvalue weighted by atomic mass is 15.2. The van der Waals surface area contributed by atoms with Crippen LogP contribution in [0.25, 0.3) is 38.3 Å². The van der Waals surface area contributed by atoms with E-state index in [0.29, 0.717) is 0 Å². The van der Waals surface area contributed by atoms with Crippen LogP contribution >= 0.6 is 0 Å². The molecule has 0 bridgehead atoms. The highest BCUT2D eigenvalue weighted by molar-refractivity contribution is 6.12. The average molecular weight is 932 g/mol. The summed E-state index contributed by atoms with van der Waals surface area (Å²) in [6, 6.07) is 59.0. The van der Waals surface area contributed by atoms with E-state index in [2.05, 4.69) is 277 Å². The fourth-order valence-electron chi connectivity index (χ4n) is 11.8. The van der Waals surface area contributed by atoms with E-state index < -0.39 is 0 Å². The van der Waals surface area contributed by atoms with Gasteiger partial charge in [-0.05, 0) is 150 Å². The van der Waals surface area contributed by atoms with Crippen molar-refractivity contribution < 1.29 is 0 Å². The fourth-order valence-corrected chi connectivity index (χ4v) is 11.8. The molecule has 0 saturated carbocycles. The van der Waals surface area contributed by atoms with Crippen molar-refractivity contribution in [3.05, 3.63) is 196 Å². The summed E-state index contributed by atoms with van der Waals surface area (Å²) in [5, 5.41) is 4.92. The van der Waals surface area contributed by atoms with Crippen LogP contribution in [0.1, 0.15) is 155 Å². The highest BCUT2D eigenvalue weighted by Gasteiger charge is 2.41. The first-order chi connectivity index (χ1) is 33.2. The number of nitrogens with zero attached hydrogens (tertiary/aromatic N) is 3. The molecule has 2 aliphatic heterocycles. The monoisotopic (exact) mass is 932 g/mol. The van der Waals surface area contributed by atoms with Gasteiger partial charge < -0.3 is 14.4 Å². The van der Waals surface area contributed by atoms with Gasteiger partial charge in [0.1, 0.15) is 0 Å². The molecule has 0 saturated heterocycles. The fraction of sp³-hybridized carbons (Fsp3) is 0.324. The molecule has 0 radical (unpaired) electrons. The molecule has 0 unspecified atom stereocenters. The van der Waals surface area contributed by atoms with Gasteiger partial charge in [0.2, 0.25) is 0 Å². The molecule has 8 aromatic carbocycles. The Bertz CT molecular complexity index is 3300. The van der Waals surface area contributed by atoms with Crippen molar-refractivity contribution in [3.63, 3.8) is 0 Å². The zero-order valence-electron chi connectivity index (χ0n) is 45.3. The van der Waals surface area contributed by atoms with Crippen LogP contribution in [0.3, 0.4) is 0 Å². The van der Waals surface area contributed by atoms with E-state index in [4.69, 9.17) is 0 Å². The number of aromatic nitrogens is 1. The normalized spacial score (nSPS) is 15.5. The Hall–Kier alpha value is -6.58. The minimum Gasteiger partial charge on any atom is -0.310 e. The van der Waals surface area contributed by atoms with Gasteiger partial charge in [0.05, 0.1) is 33.8 Å². The van der Waals surface area contributed by atoms with Crippen molar-refractivity contribution in [1.29, 1.82) is 0 Å². The Kier molecular flexibility index (Phi) is 10.2. The van der Waals surface area contributed by atoms with Gasteiger partial charge in [0.15, 0.2) is 0 Å². The second kappa shape index (κ2) is 15.5. The van der Waals surface area contributed by atoms with Crippen molar-refractivity contribution in [2.75, 3.05) is 9.80 Å². The number of hydrogen-bond donors (Lipinski definition) is 0. The quantitative estimate of drug-likeness (QED) is 0.175. The SMILES string of the molecule is CC(C)(C)c1ccc2c(c1)C(C)(C)c1cc(C(C)(C)C)ccc1N2c1ccc2c(c1)c1cc(N3c4ccc(C(C)(C)C)cc4C(C)(C)c4cc(C(C)(C)C)ccc43)ccc1n2-c1ccc2ccccc2c1. The van der Waals surface area contributed by atoms with Crippen LogP contribution in [0.2, 0.25) is 0 Å². The molecule has 1 aromatic heterocycles. The zero-order valence-corrected chi connectivity index (χ0v) is 45.3. The van der Waals surface area contributed by atoms with Crippen LogP contribution in [0.4, 0.5) is 34.1 Å². The third-order valence-electron chi connectivity index (χ3n) is 16.3. The lowest BCUT2D eigenvalue weighted by Gasteiger charge is -2.43. The van der Waals surface area contributed by atoms with Crippen molar-refractivity contribution in [2.45, 2.75) is 143 Å². The van der Waals surface area contributed by atoms with Crippen LogP contribution < -0.4 is 9.80 Å². The second-order valence-electron chi connectivity index (χ2n) is 26.1. The van der Waals surface area contributed by atoms with Crippen molar-refractivity contribution >= 4 is 66.7 Å². The smallest absolute Gasteiger partial charge is 0.0542 e. The maximum Gasteiger partial charge on any atom is 0.0542 e. The van der Waals surface area contributed by atoms with Gasteiger partial charge in [0, 0.05) is 38.7 Å². The van der Waals surface area contributed by atoms with E-state index >= 15 is 0 Å². The molecule has 0 aliphatic carbocycles. The molecule has 3 nitrogen and oxygen atoms in total. The van der Waals surface area contributed by atoms with E-state index in [9.17, 15) is 0 Å². The average Bonchev–Trinajstić information content (AvgIpc) is 3.63. The molecule has 0 atom stereocenters. The minimum absolute atomic E-state index is 0.0135. The van der Waals surface area contributed by atoms with E-state index in [0.717, 1.165) is 17.1 Å². The molecular formula is C68H73N3. The van der Waals surface area contributed by atoms with Crippen LogP contribution in [-0.4, -0.2) is 4.57 Å². The predicted octanol–water partition coefficient (Wildman–Crippen LogP) is 19.3. The van der Waals surface area contributed by atoms with Gasteiger partial charge in [-0.1, -0.05) is 190 Å². The van der Waals surface area contributed by atoms with Gasteiger partial charge in [-0.15, -0.1) is 0 Å². The first-order valence-electron chi connectivity index (χ1n) is 26.0. The molecular weight excluding hydrogens is 859 g/mol. The summed E-state index contributed by atoms with van der Waals surface area (Å²) in [6.07, 6.45) is 0. The zero-order chi connectivity index (χ0) is 50.5.